The summed E-state index contributed by atoms with van der Waals surface area (Å²) in [6.45, 7) is 3.92. The normalized spacial score (nSPS) is 12.0. The number of H-pyrrole nitrogens is 1. The highest BCUT2D eigenvalue weighted by Gasteiger charge is 2.12. The fourth-order valence-electron chi connectivity index (χ4n) is 2.19. The van der Waals surface area contributed by atoms with E-state index in [1.807, 2.05) is 31.2 Å². The van der Waals surface area contributed by atoms with Gasteiger partial charge in [-0.25, -0.2) is 0 Å². The van der Waals surface area contributed by atoms with Gasteiger partial charge < -0.3 is 20.4 Å². The first-order valence-corrected chi connectivity index (χ1v) is 7.21. The van der Waals surface area contributed by atoms with Crippen molar-refractivity contribution in [3.8, 4) is 5.75 Å². The molecule has 1 aromatic heterocycles. The highest BCUT2D eigenvalue weighted by atomic mass is 16.5. The van der Waals surface area contributed by atoms with Crippen LogP contribution in [0.1, 0.15) is 30.8 Å². The minimum absolute atomic E-state index is 0.0275. The van der Waals surface area contributed by atoms with Gasteiger partial charge in [-0.15, -0.1) is 0 Å². The summed E-state index contributed by atoms with van der Waals surface area (Å²) in [5, 5.41) is 6.57. The first-order valence-electron chi connectivity index (χ1n) is 7.21. The van der Waals surface area contributed by atoms with Gasteiger partial charge in [0.2, 0.25) is 5.91 Å². The minimum atomic E-state index is -0.162. The van der Waals surface area contributed by atoms with Crippen molar-refractivity contribution in [1.82, 2.24) is 15.6 Å². The average molecular weight is 303 g/mol. The number of hydrogen-bond donors (Lipinski definition) is 3. The quantitative estimate of drug-likeness (QED) is 0.761. The van der Waals surface area contributed by atoms with Crippen LogP contribution in [0, 0.1) is 0 Å². The van der Waals surface area contributed by atoms with Gasteiger partial charge in [0, 0.05) is 36.5 Å². The molecule has 2 rings (SSSR count). The molecule has 0 spiro atoms. The third kappa shape index (κ3) is 4.00. The lowest BCUT2D eigenvalue weighted by atomic mass is 10.2. The molecule has 1 heterocycles. The number of hydrogen-bond acceptors (Lipinski definition) is 3. The van der Waals surface area contributed by atoms with Crippen molar-refractivity contribution in [2.24, 2.45) is 0 Å². The summed E-state index contributed by atoms with van der Waals surface area (Å²) in [5.41, 5.74) is 1.37. The van der Waals surface area contributed by atoms with Crippen LogP contribution in [0.4, 0.5) is 0 Å². The lowest BCUT2D eigenvalue weighted by Gasteiger charge is -2.13. The monoisotopic (exact) mass is 303 g/mol. The van der Waals surface area contributed by atoms with Crippen molar-refractivity contribution >= 4 is 22.7 Å². The van der Waals surface area contributed by atoms with Gasteiger partial charge in [0.1, 0.15) is 11.4 Å². The SMILES string of the molecule is COc1ccc2cc(C(=O)NC(C)CCNC(C)=O)[nH]c2c1. The maximum Gasteiger partial charge on any atom is 0.267 e. The number of aromatic amines is 1. The number of carbonyl (C=O) groups excluding carboxylic acids is 2. The zero-order valence-corrected chi connectivity index (χ0v) is 13.0. The van der Waals surface area contributed by atoms with Gasteiger partial charge in [0.05, 0.1) is 7.11 Å². The van der Waals surface area contributed by atoms with E-state index in [1.165, 1.54) is 6.92 Å². The summed E-state index contributed by atoms with van der Waals surface area (Å²) in [6.07, 6.45) is 0.680. The summed E-state index contributed by atoms with van der Waals surface area (Å²) in [5.74, 6) is 0.513. The molecule has 0 aliphatic rings. The van der Waals surface area contributed by atoms with Gasteiger partial charge in [0.15, 0.2) is 0 Å². The number of aromatic nitrogens is 1. The molecule has 1 atom stereocenters. The van der Waals surface area contributed by atoms with Crippen LogP contribution in [0.2, 0.25) is 0 Å². The first-order chi connectivity index (χ1) is 10.5. The fourth-order valence-corrected chi connectivity index (χ4v) is 2.19. The van der Waals surface area contributed by atoms with Crippen LogP contribution in [-0.2, 0) is 4.79 Å². The maximum absolute atomic E-state index is 12.2. The first kappa shape index (κ1) is 15.9. The molecule has 0 saturated carbocycles. The molecule has 6 nitrogen and oxygen atoms in total. The molecule has 0 radical (unpaired) electrons. The van der Waals surface area contributed by atoms with Gasteiger partial charge in [-0.1, -0.05) is 0 Å². The number of fused-ring (bicyclic) bond motifs is 1. The highest BCUT2D eigenvalue weighted by Crippen LogP contribution is 2.21. The maximum atomic E-state index is 12.2. The Bertz CT molecular complexity index is 678. The van der Waals surface area contributed by atoms with Crippen LogP contribution in [0.25, 0.3) is 10.9 Å². The zero-order chi connectivity index (χ0) is 16.1. The molecule has 118 valence electrons. The molecule has 6 heteroatoms. The van der Waals surface area contributed by atoms with E-state index in [0.717, 1.165) is 16.7 Å². The molecule has 0 aliphatic carbocycles. The Balaban J connectivity index is 1.98. The highest BCUT2D eigenvalue weighted by molar-refractivity contribution is 5.98. The molecule has 3 N–H and O–H groups in total. The molecule has 0 saturated heterocycles. The van der Waals surface area contributed by atoms with Gasteiger partial charge in [-0.2, -0.15) is 0 Å². The number of amides is 2. The van der Waals surface area contributed by atoms with E-state index < -0.39 is 0 Å². The van der Waals surface area contributed by atoms with Crippen molar-refractivity contribution in [3.05, 3.63) is 30.0 Å². The predicted octanol–water partition coefficient (Wildman–Crippen LogP) is 1.82. The Morgan fingerprint density at radius 3 is 2.77 bits per heavy atom. The van der Waals surface area contributed by atoms with Gasteiger partial charge >= 0.3 is 0 Å². The Labute approximate surface area is 129 Å². The van der Waals surface area contributed by atoms with Crippen molar-refractivity contribution in [3.63, 3.8) is 0 Å². The summed E-state index contributed by atoms with van der Waals surface area (Å²) in [7, 11) is 1.61. The Morgan fingerprint density at radius 1 is 1.32 bits per heavy atom. The van der Waals surface area contributed by atoms with Crippen molar-refractivity contribution in [1.29, 1.82) is 0 Å². The topological polar surface area (TPSA) is 83.2 Å². The van der Waals surface area contributed by atoms with E-state index in [2.05, 4.69) is 15.6 Å². The summed E-state index contributed by atoms with van der Waals surface area (Å²) >= 11 is 0. The zero-order valence-electron chi connectivity index (χ0n) is 13.0. The van der Waals surface area contributed by atoms with Gasteiger partial charge in [0.25, 0.3) is 5.91 Å². The fraction of sp³-hybridized carbons (Fsp3) is 0.375. The van der Waals surface area contributed by atoms with Crippen LogP contribution in [0.5, 0.6) is 5.75 Å². The molecule has 1 unspecified atom stereocenters. The van der Waals surface area contributed by atoms with E-state index in [0.29, 0.717) is 18.7 Å². The molecule has 2 amide bonds. The molecule has 22 heavy (non-hydrogen) atoms. The molecular formula is C16H21N3O3. The van der Waals surface area contributed by atoms with Crippen LogP contribution >= 0.6 is 0 Å². The van der Waals surface area contributed by atoms with Crippen LogP contribution in [0.15, 0.2) is 24.3 Å². The molecule has 0 fully saturated rings. The van der Waals surface area contributed by atoms with E-state index in [-0.39, 0.29) is 17.9 Å². The number of methoxy groups -OCH3 is 1. The van der Waals surface area contributed by atoms with Crippen molar-refractivity contribution in [2.75, 3.05) is 13.7 Å². The lowest BCUT2D eigenvalue weighted by Crippen LogP contribution is -2.35. The molecule has 1 aromatic carbocycles. The molecular weight excluding hydrogens is 282 g/mol. The Morgan fingerprint density at radius 2 is 2.09 bits per heavy atom. The second kappa shape index (κ2) is 6.98. The lowest BCUT2D eigenvalue weighted by molar-refractivity contribution is -0.118. The third-order valence-electron chi connectivity index (χ3n) is 3.40. The molecule has 2 aromatic rings. The minimum Gasteiger partial charge on any atom is -0.497 e. The number of nitrogens with one attached hydrogen (secondary N) is 3. The Hall–Kier alpha value is -2.50. The molecule has 0 aliphatic heterocycles. The van der Waals surface area contributed by atoms with Crippen LogP contribution in [0.3, 0.4) is 0 Å². The average Bonchev–Trinajstić information content (AvgIpc) is 2.89. The predicted molar refractivity (Wildman–Crippen MR) is 85.1 cm³/mol. The van der Waals surface area contributed by atoms with Crippen molar-refractivity contribution < 1.29 is 14.3 Å². The van der Waals surface area contributed by atoms with Crippen molar-refractivity contribution in [2.45, 2.75) is 26.3 Å². The van der Waals surface area contributed by atoms with Crippen LogP contribution < -0.4 is 15.4 Å². The Kier molecular flexibility index (Phi) is 5.04. The second-order valence-electron chi connectivity index (χ2n) is 5.28. The molecule has 0 bridgehead atoms. The van der Waals surface area contributed by atoms with E-state index in [4.69, 9.17) is 4.74 Å². The van der Waals surface area contributed by atoms with E-state index >= 15 is 0 Å². The second-order valence-corrected chi connectivity index (χ2v) is 5.28. The number of benzene rings is 1. The third-order valence-corrected chi connectivity index (χ3v) is 3.40. The van der Waals surface area contributed by atoms with Gasteiger partial charge in [-0.3, -0.25) is 9.59 Å². The number of rotatable bonds is 6. The summed E-state index contributed by atoms with van der Waals surface area (Å²) in [6, 6.07) is 7.40. The number of carbonyl (C=O) groups is 2. The largest absolute Gasteiger partial charge is 0.497 e. The number of ether oxygens (including phenoxy) is 1. The van der Waals surface area contributed by atoms with Crippen LogP contribution in [-0.4, -0.2) is 36.5 Å². The summed E-state index contributed by atoms with van der Waals surface area (Å²) < 4.78 is 5.17. The van der Waals surface area contributed by atoms with E-state index in [1.54, 1.807) is 7.11 Å². The van der Waals surface area contributed by atoms with E-state index in [9.17, 15) is 9.59 Å². The smallest absolute Gasteiger partial charge is 0.267 e. The summed E-state index contributed by atoms with van der Waals surface area (Å²) in [4.78, 5) is 26.1. The van der Waals surface area contributed by atoms with Gasteiger partial charge in [-0.05, 0) is 31.5 Å². The standard InChI is InChI=1S/C16H21N3O3/c1-10(6-7-17-11(2)20)18-16(21)15-8-12-4-5-13(22-3)9-14(12)19-15/h4-5,8-10,19H,6-7H2,1-3H3,(H,17,20)(H,18,21).